The third-order valence-electron chi connectivity index (χ3n) is 4.85. The monoisotopic (exact) mass is 340 g/mol. The van der Waals surface area contributed by atoms with Gasteiger partial charge in [0.1, 0.15) is 11.4 Å². The van der Waals surface area contributed by atoms with Crippen LogP contribution in [0, 0.1) is 13.8 Å². The number of nitrogens with one attached hydrogen (secondary N) is 1. The number of amides is 1. The molecule has 0 aromatic carbocycles. The van der Waals surface area contributed by atoms with Gasteiger partial charge in [0.2, 0.25) is 0 Å². The minimum atomic E-state index is -0.317. The molecule has 0 radical (unpaired) electrons. The standard InChI is InChI=1S/C19H24N4O2/c1-12-10-15(18(24)21-13(12)2)19(25)23-9-5-6-16(23)14-7-8-20-17(11-14)22(3)4/h7-8,10-11,16H,5-6,9H2,1-4H3,(H,21,24)/t16-/m0/s1. The van der Waals surface area contributed by atoms with Gasteiger partial charge in [-0.3, -0.25) is 9.59 Å². The average Bonchev–Trinajstić information content (AvgIpc) is 3.07. The van der Waals surface area contributed by atoms with Crippen molar-refractivity contribution in [2.75, 3.05) is 25.5 Å². The zero-order valence-electron chi connectivity index (χ0n) is 15.2. The highest BCUT2D eigenvalue weighted by Crippen LogP contribution is 2.33. The van der Waals surface area contributed by atoms with Crippen LogP contribution in [-0.4, -0.2) is 41.4 Å². The molecule has 2 aromatic rings. The van der Waals surface area contributed by atoms with E-state index >= 15 is 0 Å². The molecular formula is C19H24N4O2. The van der Waals surface area contributed by atoms with Crippen LogP contribution in [0.4, 0.5) is 5.82 Å². The van der Waals surface area contributed by atoms with Crippen molar-refractivity contribution in [2.24, 2.45) is 0 Å². The molecule has 1 atom stereocenters. The number of aromatic amines is 1. The molecule has 132 valence electrons. The van der Waals surface area contributed by atoms with Crippen molar-refractivity contribution < 1.29 is 4.79 Å². The molecule has 3 rings (SSSR count). The second kappa shape index (κ2) is 6.70. The largest absolute Gasteiger partial charge is 0.363 e. The second-order valence-electron chi connectivity index (χ2n) is 6.82. The lowest BCUT2D eigenvalue weighted by molar-refractivity contribution is 0.0733. The van der Waals surface area contributed by atoms with E-state index in [1.807, 2.05) is 49.9 Å². The molecule has 0 spiro atoms. The maximum absolute atomic E-state index is 13.0. The third kappa shape index (κ3) is 3.29. The topological polar surface area (TPSA) is 69.3 Å². The summed E-state index contributed by atoms with van der Waals surface area (Å²) in [6, 6.07) is 5.65. The quantitative estimate of drug-likeness (QED) is 0.932. The molecule has 6 heteroatoms. The van der Waals surface area contributed by atoms with Crippen LogP contribution in [0.2, 0.25) is 0 Å². The van der Waals surface area contributed by atoms with E-state index in [4.69, 9.17) is 0 Å². The van der Waals surface area contributed by atoms with Gasteiger partial charge in [0.15, 0.2) is 0 Å². The van der Waals surface area contributed by atoms with E-state index in [2.05, 4.69) is 9.97 Å². The van der Waals surface area contributed by atoms with Gasteiger partial charge in [-0.1, -0.05) is 0 Å². The van der Waals surface area contributed by atoms with E-state index in [-0.39, 0.29) is 23.1 Å². The summed E-state index contributed by atoms with van der Waals surface area (Å²) in [5.74, 6) is 0.663. The molecule has 0 aliphatic carbocycles. The zero-order valence-corrected chi connectivity index (χ0v) is 15.2. The Balaban J connectivity index is 1.94. The lowest BCUT2D eigenvalue weighted by atomic mass is 10.0. The van der Waals surface area contributed by atoms with Crippen LogP contribution < -0.4 is 10.5 Å². The first-order valence-electron chi connectivity index (χ1n) is 8.53. The molecule has 0 saturated carbocycles. The van der Waals surface area contributed by atoms with Gasteiger partial charge in [-0.25, -0.2) is 4.98 Å². The lowest BCUT2D eigenvalue weighted by Crippen LogP contribution is -2.34. The highest BCUT2D eigenvalue weighted by Gasteiger charge is 2.32. The van der Waals surface area contributed by atoms with Crippen molar-refractivity contribution in [2.45, 2.75) is 32.7 Å². The summed E-state index contributed by atoms with van der Waals surface area (Å²) in [5, 5.41) is 0. The number of hydrogen-bond acceptors (Lipinski definition) is 4. The molecule has 1 saturated heterocycles. The van der Waals surface area contributed by atoms with Gasteiger partial charge in [0.05, 0.1) is 6.04 Å². The van der Waals surface area contributed by atoms with Crippen LogP contribution in [0.1, 0.15) is 46.1 Å². The molecule has 1 amide bonds. The number of carbonyl (C=O) groups is 1. The fourth-order valence-electron chi connectivity index (χ4n) is 3.28. The number of rotatable bonds is 3. The Morgan fingerprint density at radius 1 is 1.32 bits per heavy atom. The summed E-state index contributed by atoms with van der Waals surface area (Å²) in [6.45, 7) is 4.40. The third-order valence-corrected chi connectivity index (χ3v) is 4.85. The number of carbonyl (C=O) groups excluding carboxylic acids is 1. The van der Waals surface area contributed by atoms with Crippen LogP contribution in [0.25, 0.3) is 0 Å². The summed E-state index contributed by atoms with van der Waals surface area (Å²) < 4.78 is 0. The Hall–Kier alpha value is -2.63. The van der Waals surface area contributed by atoms with Gasteiger partial charge in [0, 0.05) is 32.5 Å². The number of likely N-dealkylation sites (tertiary alicyclic amines) is 1. The molecule has 2 aromatic heterocycles. The SMILES string of the molecule is Cc1cc(C(=O)N2CCC[C@H]2c2ccnc(N(C)C)c2)c(=O)[nH]c1C. The number of aromatic nitrogens is 2. The van der Waals surface area contributed by atoms with E-state index in [0.717, 1.165) is 35.5 Å². The maximum Gasteiger partial charge on any atom is 0.261 e. The Morgan fingerprint density at radius 3 is 2.80 bits per heavy atom. The van der Waals surface area contributed by atoms with Crippen molar-refractivity contribution in [1.82, 2.24) is 14.9 Å². The molecule has 1 N–H and O–H groups in total. The van der Waals surface area contributed by atoms with E-state index in [9.17, 15) is 9.59 Å². The molecule has 1 fully saturated rings. The van der Waals surface area contributed by atoms with Crippen LogP contribution in [0.5, 0.6) is 0 Å². The first kappa shape index (κ1) is 17.2. The first-order valence-corrected chi connectivity index (χ1v) is 8.53. The van der Waals surface area contributed by atoms with Crippen molar-refractivity contribution in [3.63, 3.8) is 0 Å². The van der Waals surface area contributed by atoms with E-state index in [0.29, 0.717) is 6.54 Å². The van der Waals surface area contributed by atoms with E-state index in [1.165, 1.54) is 0 Å². The maximum atomic E-state index is 13.0. The predicted octanol–water partition coefficient (Wildman–Crippen LogP) is 2.43. The number of aryl methyl sites for hydroxylation is 2. The van der Waals surface area contributed by atoms with Crippen LogP contribution in [0.15, 0.2) is 29.2 Å². The summed E-state index contributed by atoms with van der Waals surface area (Å²) in [5.41, 5.74) is 2.67. The van der Waals surface area contributed by atoms with Gasteiger partial charge < -0.3 is 14.8 Å². The summed E-state index contributed by atoms with van der Waals surface area (Å²) in [7, 11) is 3.89. The Labute approximate surface area is 147 Å². The number of anilines is 1. The number of pyridine rings is 2. The highest BCUT2D eigenvalue weighted by molar-refractivity contribution is 5.94. The Kier molecular flexibility index (Phi) is 4.61. The van der Waals surface area contributed by atoms with Gasteiger partial charge in [-0.2, -0.15) is 0 Å². The fourth-order valence-corrected chi connectivity index (χ4v) is 3.28. The number of H-pyrrole nitrogens is 1. The molecule has 1 aliphatic rings. The zero-order chi connectivity index (χ0) is 18.1. The first-order chi connectivity index (χ1) is 11.9. The molecule has 0 unspecified atom stereocenters. The normalized spacial score (nSPS) is 17.0. The Morgan fingerprint density at radius 2 is 2.08 bits per heavy atom. The fraction of sp³-hybridized carbons (Fsp3) is 0.421. The minimum absolute atomic E-state index is 0.0183. The molecule has 1 aliphatic heterocycles. The van der Waals surface area contributed by atoms with Crippen LogP contribution in [-0.2, 0) is 0 Å². The van der Waals surface area contributed by atoms with E-state index < -0.39 is 0 Å². The van der Waals surface area contributed by atoms with Crippen molar-refractivity contribution >= 4 is 11.7 Å². The number of hydrogen-bond donors (Lipinski definition) is 1. The van der Waals surface area contributed by atoms with Crippen molar-refractivity contribution in [1.29, 1.82) is 0 Å². The smallest absolute Gasteiger partial charge is 0.261 e. The predicted molar refractivity (Wildman–Crippen MR) is 98.1 cm³/mol. The molecule has 6 nitrogen and oxygen atoms in total. The average molecular weight is 340 g/mol. The van der Waals surface area contributed by atoms with Gasteiger partial charge in [-0.05, 0) is 56.0 Å². The van der Waals surface area contributed by atoms with Gasteiger partial charge in [-0.15, -0.1) is 0 Å². The van der Waals surface area contributed by atoms with Crippen molar-refractivity contribution in [3.8, 4) is 0 Å². The lowest BCUT2D eigenvalue weighted by Gasteiger charge is -2.26. The van der Waals surface area contributed by atoms with Gasteiger partial charge in [0.25, 0.3) is 11.5 Å². The van der Waals surface area contributed by atoms with Crippen molar-refractivity contribution in [3.05, 3.63) is 57.1 Å². The van der Waals surface area contributed by atoms with E-state index in [1.54, 1.807) is 12.3 Å². The highest BCUT2D eigenvalue weighted by atomic mass is 16.2. The molecule has 3 heterocycles. The van der Waals surface area contributed by atoms with Gasteiger partial charge >= 0.3 is 0 Å². The second-order valence-corrected chi connectivity index (χ2v) is 6.82. The summed E-state index contributed by atoms with van der Waals surface area (Å²) >= 11 is 0. The summed E-state index contributed by atoms with van der Waals surface area (Å²) in [4.78, 5) is 36.1. The molecule has 0 bridgehead atoms. The van der Waals surface area contributed by atoms with Crippen LogP contribution in [0.3, 0.4) is 0 Å². The minimum Gasteiger partial charge on any atom is -0.363 e. The van der Waals surface area contributed by atoms with Crippen LogP contribution >= 0.6 is 0 Å². The Bertz CT molecular complexity index is 857. The number of nitrogens with zero attached hydrogens (tertiary/aromatic N) is 3. The molecule has 25 heavy (non-hydrogen) atoms. The molecular weight excluding hydrogens is 316 g/mol. The summed E-state index contributed by atoms with van der Waals surface area (Å²) in [6.07, 6.45) is 3.60.